The molecule has 6 rings (SSSR count). The van der Waals surface area contributed by atoms with E-state index in [1.807, 2.05) is 0 Å². The van der Waals surface area contributed by atoms with Crippen LogP contribution in [0.3, 0.4) is 0 Å². The summed E-state index contributed by atoms with van der Waals surface area (Å²) >= 11 is 0. The first kappa shape index (κ1) is 28.5. The highest BCUT2D eigenvalue weighted by Gasteiger charge is 2.70. The minimum absolute atomic E-state index is 0.0424. The predicted molar refractivity (Wildman–Crippen MR) is 162 cm³/mol. The molecule has 1 aromatic rings. The highest BCUT2D eigenvalue weighted by atomic mass is 16.4. The molecule has 10 atom stereocenters. The normalized spacial score (nSPS) is 49.5. The Bertz CT molecular complexity index is 1200. The zero-order valence-electron chi connectivity index (χ0n) is 26.2. The highest BCUT2D eigenvalue weighted by Crippen LogP contribution is 2.76. The number of hydrogen-bond acceptors (Lipinski definition) is 2. The lowest BCUT2D eigenvalue weighted by Gasteiger charge is -2.72. The molecule has 0 aromatic heterocycles. The molecule has 5 aliphatic rings. The van der Waals surface area contributed by atoms with E-state index in [9.17, 15) is 15.0 Å². The second kappa shape index (κ2) is 8.95. The molecule has 1 unspecified atom stereocenters. The van der Waals surface area contributed by atoms with E-state index in [0.29, 0.717) is 23.7 Å². The first-order valence-electron chi connectivity index (χ1n) is 16.4. The molecule has 0 saturated heterocycles. The lowest BCUT2D eigenvalue weighted by molar-refractivity contribution is -0.235. The molecule has 220 valence electrons. The van der Waals surface area contributed by atoms with E-state index in [0.717, 1.165) is 57.8 Å². The van der Waals surface area contributed by atoms with Gasteiger partial charge >= 0.3 is 5.97 Å². The van der Waals surface area contributed by atoms with Crippen LogP contribution < -0.4 is 0 Å². The fourth-order valence-corrected chi connectivity index (χ4v) is 12.1. The van der Waals surface area contributed by atoms with Crippen LogP contribution in [0.1, 0.15) is 112 Å². The lowest BCUT2D eigenvalue weighted by Crippen LogP contribution is -2.67. The summed E-state index contributed by atoms with van der Waals surface area (Å²) in [6.07, 6.45) is 12.3. The first-order chi connectivity index (χ1) is 18.7. The van der Waals surface area contributed by atoms with Crippen molar-refractivity contribution in [1.29, 1.82) is 0 Å². The topological polar surface area (TPSA) is 57.5 Å². The number of hydrogen-bond donors (Lipinski definition) is 2. The Hall–Kier alpha value is -1.61. The maximum atomic E-state index is 13.0. The average molecular weight is 547 g/mol. The molecule has 4 fully saturated rings. The van der Waals surface area contributed by atoms with Gasteiger partial charge in [-0.3, -0.25) is 4.79 Å². The van der Waals surface area contributed by atoms with E-state index < -0.39 is 17.0 Å². The van der Waals surface area contributed by atoms with Crippen molar-refractivity contribution >= 4 is 5.97 Å². The smallest absolute Gasteiger partial charge is 0.310 e. The standard InChI is InChI=1S/C37H54O3/c1-24-15-18-36(31(38)39)21-20-34(6)27(30(36)25(24)2)13-14-29-33(5)19-22-37(40,23-26-11-9-8-10-12-26)32(3,4)28(33)16-17-35(29,34)7/h8-13,24-25,28-30,40H,14-23H2,1-7H3,(H,38,39)/t24-,25+,28?,29-,30+,33+,34-,35-,36+,37-/m1/s1. The molecular formula is C37H54O3. The SMILES string of the molecule is C[C@H]1[C@H](C)CC[C@]2(C(=O)O)CC[C@]3(C)C(=CC[C@@H]4[C@@]5(C)CC[C@@](O)(Cc6ccccc6)C(C)(C)C5CC[C@]43C)[C@H]12. The van der Waals surface area contributed by atoms with Gasteiger partial charge in [-0.15, -0.1) is 0 Å². The Labute approximate surface area is 243 Å². The molecule has 0 bridgehead atoms. The third-order valence-corrected chi connectivity index (χ3v) is 15.2. The molecule has 1 aromatic carbocycles. The van der Waals surface area contributed by atoms with Crippen molar-refractivity contribution < 1.29 is 15.0 Å². The summed E-state index contributed by atoms with van der Waals surface area (Å²) < 4.78 is 0. The van der Waals surface area contributed by atoms with Crippen LogP contribution in [0.25, 0.3) is 0 Å². The Morgan fingerprint density at radius 1 is 0.875 bits per heavy atom. The van der Waals surface area contributed by atoms with Gasteiger partial charge in [0, 0.05) is 6.42 Å². The number of carboxylic acids is 1. The first-order valence-corrected chi connectivity index (χ1v) is 16.4. The monoisotopic (exact) mass is 546 g/mol. The third kappa shape index (κ3) is 3.48. The van der Waals surface area contributed by atoms with E-state index in [-0.39, 0.29) is 27.6 Å². The largest absolute Gasteiger partial charge is 0.481 e. The predicted octanol–water partition coefficient (Wildman–Crippen LogP) is 8.70. The molecule has 0 heterocycles. The summed E-state index contributed by atoms with van der Waals surface area (Å²) in [7, 11) is 0. The fourth-order valence-electron chi connectivity index (χ4n) is 12.1. The number of carbonyl (C=O) groups is 1. The molecule has 0 amide bonds. The number of benzene rings is 1. The van der Waals surface area contributed by atoms with Crippen LogP contribution in [-0.2, 0) is 11.2 Å². The van der Waals surface area contributed by atoms with Crippen LogP contribution >= 0.6 is 0 Å². The summed E-state index contributed by atoms with van der Waals surface area (Å²) in [5, 5.41) is 23.0. The quantitative estimate of drug-likeness (QED) is 0.373. The summed E-state index contributed by atoms with van der Waals surface area (Å²) in [6.45, 7) is 17.1. The van der Waals surface area contributed by atoms with Crippen molar-refractivity contribution in [2.45, 2.75) is 118 Å². The molecule has 0 aliphatic heterocycles. The highest BCUT2D eigenvalue weighted by molar-refractivity contribution is 5.76. The molecule has 3 heteroatoms. The van der Waals surface area contributed by atoms with Crippen molar-refractivity contribution in [2.24, 2.45) is 56.7 Å². The Morgan fingerprint density at radius 3 is 2.25 bits per heavy atom. The van der Waals surface area contributed by atoms with E-state index in [4.69, 9.17) is 0 Å². The number of carboxylic acid groups (broad SMARTS) is 1. The van der Waals surface area contributed by atoms with Crippen LogP contribution in [-0.4, -0.2) is 21.8 Å². The average Bonchev–Trinajstić information content (AvgIpc) is 2.90. The Balaban J connectivity index is 1.38. The maximum Gasteiger partial charge on any atom is 0.310 e. The van der Waals surface area contributed by atoms with E-state index >= 15 is 0 Å². The van der Waals surface area contributed by atoms with Gasteiger partial charge in [-0.05, 0) is 115 Å². The van der Waals surface area contributed by atoms with Gasteiger partial charge in [-0.2, -0.15) is 0 Å². The van der Waals surface area contributed by atoms with Gasteiger partial charge in [0.25, 0.3) is 0 Å². The van der Waals surface area contributed by atoms with Crippen LogP contribution in [0.2, 0.25) is 0 Å². The summed E-state index contributed by atoms with van der Waals surface area (Å²) in [4.78, 5) is 13.0. The summed E-state index contributed by atoms with van der Waals surface area (Å²) in [5.74, 6) is 1.62. The number of aliphatic hydroxyl groups is 1. The lowest BCUT2D eigenvalue weighted by atomic mass is 9.32. The van der Waals surface area contributed by atoms with Crippen molar-refractivity contribution in [2.75, 3.05) is 0 Å². The number of rotatable bonds is 3. The maximum absolute atomic E-state index is 13.0. The van der Waals surface area contributed by atoms with Gasteiger partial charge in [0.2, 0.25) is 0 Å². The minimum atomic E-state index is -0.703. The number of fused-ring (bicyclic) bond motifs is 7. The number of aliphatic carboxylic acids is 1. The second-order valence-electron chi connectivity index (χ2n) is 16.5. The van der Waals surface area contributed by atoms with Crippen LogP contribution in [0.15, 0.2) is 42.0 Å². The molecule has 5 aliphatic carbocycles. The summed E-state index contributed by atoms with van der Waals surface area (Å²) in [6, 6.07) is 10.6. The van der Waals surface area contributed by atoms with Crippen LogP contribution in [0.4, 0.5) is 0 Å². The van der Waals surface area contributed by atoms with Gasteiger partial charge in [0.15, 0.2) is 0 Å². The number of allylic oxidation sites excluding steroid dienone is 2. The van der Waals surface area contributed by atoms with Gasteiger partial charge in [0.05, 0.1) is 11.0 Å². The van der Waals surface area contributed by atoms with Crippen molar-refractivity contribution in [1.82, 2.24) is 0 Å². The molecule has 2 N–H and O–H groups in total. The Morgan fingerprint density at radius 2 is 1.57 bits per heavy atom. The molecule has 0 spiro atoms. The van der Waals surface area contributed by atoms with Crippen LogP contribution in [0.5, 0.6) is 0 Å². The molecule has 0 radical (unpaired) electrons. The van der Waals surface area contributed by atoms with Crippen molar-refractivity contribution in [3.05, 3.63) is 47.5 Å². The van der Waals surface area contributed by atoms with Gasteiger partial charge in [-0.25, -0.2) is 0 Å². The van der Waals surface area contributed by atoms with Crippen LogP contribution in [0, 0.1) is 56.7 Å². The zero-order chi connectivity index (χ0) is 28.9. The second-order valence-corrected chi connectivity index (χ2v) is 16.5. The Kier molecular flexibility index (Phi) is 6.38. The van der Waals surface area contributed by atoms with Crippen molar-refractivity contribution in [3.8, 4) is 0 Å². The molecule has 4 saturated carbocycles. The minimum Gasteiger partial charge on any atom is -0.481 e. The van der Waals surface area contributed by atoms with Gasteiger partial charge < -0.3 is 10.2 Å². The van der Waals surface area contributed by atoms with Gasteiger partial charge in [-0.1, -0.05) is 90.4 Å². The molecule has 40 heavy (non-hydrogen) atoms. The fraction of sp³-hybridized carbons (Fsp3) is 0.757. The molecular weight excluding hydrogens is 492 g/mol. The van der Waals surface area contributed by atoms with E-state index in [1.165, 1.54) is 17.6 Å². The van der Waals surface area contributed by atoms with E-state index in [1.54, 1.807) is 0 Å². The summed E-state index contributed by atoms with van der Waals surface area (Å²) in [5.41, 5.74) is 1.64. The third-order valence-electron chi connectivity index (χ3n) is 15.2. The van der Waals surface area contributed by atoms with Gasteiger partial charge in [0.1, 0.15) is 0 Å². The van der Waals surface area contributed by atoms with E-state index in [2.05, 4.69) is 84.9 Å². The van der Waals surface area contributed by atoms with Crippen molar-refractivity contribution in [3.63, 3.8) is 0 Å². The molecule has 3 nitrogen and oxygen atoms in total. The zero-order valence-corrected chi connectivity index (χ0v) is 26.2.